The number of hydrogen-bond acceptors (Lipinski definition) is 3. The van der Waals surface area contributed by atoms with Gasteiger partial charge in [-0.1, -0.05) is 26.0 Å². The van der Waals surface area contributed by atoms with Crippen molar-refractivity contribution in [2.24, 2.45) is 28.2 Å². The average Bonchev–Trinajstić information content (AvgIpc) is 2.46. The minimum atomic E-state index is -0.241. The van der Waals surface area contributed by atoms with Crippen LogP contribution >= 0.6 is 0 Å². The molecule has 3 heteroatoms. The summed E-state index contributed by atoms with van der Waals surface area (Å²) < 4.78 is 0. The molecule has 3 fully saturated rings. The summed E-state index contributed by atoms with van der Waals surface area (Å²) in [6.45, 7) is 7.02. The van der Waals surface area contributed by atoms with Gasteiger partial charge in [-0.2, -0.15) is 0 Å². The van der Waals surface area contributed by atoms with Gasteiger partial charge in [0, 0.05) is 24.3 Å². The highest BCUT2D eigenvalue weighted by Gasteiger charge is 2.62. The first kappa shape index (κ1) is 14.6. The third-order valence-corrected chi connectivity index (χ3v) is 6.21. The predicted molar refractivity (Wildman–Crippen MR) is 84.7 cm³/mol. The fraction of sp³-hybridized carbons (Fsp3) is 0.611. The molecule has 0 saturated heterocycles. The molecular formula is C18H25NO2. The summed E-state index contributed by atoms with van der Waals surface area (Å²) in [5.41, 5.74) is 0.806. The van der Waals surface area contributed by atoms with Crippen molar-refractivity contribution in [3.05, 3.63) is 29.8 Å². The number of nitrogens with zero attached hydrogens (tertiary/aromatic N) is 1. The maximum Gasteiger partial charge on any atom is 0.124 e. The van der Waals surface area contributed by atoms with Crippen LogP contribution in [-0.4, -0.2) is 28.6 Å². The molecule has 4 rings (SSSR count). The van der Waals surface area contributed by atoms with Gasteiger partial charge in [0.05, 0.1) is 5.54 Å². The van der Waals surface area contributed by atoms with Crippen molar-refractivity contribution in [1.82, 2.24) is 0 Å². The molecule has 3 aliphatic carbocycles. The molecule has 0 aromatic heterocycles. The topological polar surface area (TPSA) is 52.8 Å². The molecule has 3 saturated carbocycles. The molecule has 1 aromatic carbocycles. The van der Waals surface area contributed by atoms with Gasteiger partial charge in [0.2, 0.25) is 0 Å². The number of phenolic OH excluding ortho intramolecular Hbond substituents is 1. The van der Waals surface area contributed by atoms with E-state index in [1.54, 1.807) is 12.3 Å². The van der Waals surface area contributed by atoms with Crippen LogP contribution < -0.4 is 0 Å². The molecule has 114 valence electrons. The largest absolute Gasteiger partial charge is 0.507 e. The number of fused-ring (bicyclic) bond motifs is 2. The summed E-state index contributed by atoms with van der Waals surface area (Å²) in [6, 6.07) is 7.26. The van der Waals surface area contributed by atoms with Crippen molar-refractivity contribution in [3.8, 4) is 5.75 Å². The van der Waals surface area contributed by atoms with Crippen molar-refractivity contribution >= 4 is 6.21 Å². The number of aliphatic hydroxyl groups is 1. The fourth-order valence-electron chi connectivity index (χ4n) is 4.53. The van der Waals surface area contributed by atoms with Crippen molar-refractivity contribution < 1.29 is 10.2 Å². The molecule has 0 unspecified atom stereocenters. The first-order chi connectivity index (χ1) is 9.89. The van der Waals surface area contributed by atoms with Crippen LogP contribution in [0.3, 0.4) is 0 Å². The lowest BCUT2D eigenvalue weighted by molar-refractivity contribution is -0.148. The Morgan fingerprint density at radius 3 is 2.57 bits per heavy atom. The van der Waals surface area contributed by atoms with E-state index in [-0.39, 0.29) is 23.8 Å². The summed E-state index contributed by atoms with van der Waals surface area (Å²) in [7, 11) is 0. The lowest BCUT2D eigenvalue weighted by atomic mass is 9.41. The molecule has 0 spiro atoms. The van der Waals surface area contributed by atoms with Gasteiger partial charge < -0.3 is 10.2 Å². The van der Waals surface area contributed by atoms with Crippen molar-refractivity contribution in [2.75, 3.05) is 6.61 Å². The van der Waals surface area contributed by atoms with Crippen LogP contribution in [0.5, 0.6) is 5.75 Å². The van der Waals surface area contributed by atoms with E-state index in [4.69, 9.17) is 4.99 Å². The molecule has 3 aliphatic rings. The van der Waals surface area contributed by atoms with Crippen LogP contribution in [0, 0.1) is 23.2 Å². The second kappa shape index (κ2) is 4.84. The molecule has 3 nitrogen and oxygen atoms in total. The third-order valence-electron chi connectivity index (χ3n) is 6.21. The number of para-hydroxylation sites is 1. The zero-order chi connectivity index (χ0) is 15.3. The maximum absolute atomic E-state index is 9.88. The first-order valence-corrected chi connectivity index (χ1v) is 7.83. The van der Waals surface area contributed by atoms with Crippen LogP contribution in [0.4, 0.5) is 0 Å². The average molecular weight is 287 g/mol. The highest BCUT2D eigenvalue weighted by molar-refractivity contribution is 5.83. The van der Waals surface area contributed by atoms with Gasteiger partial charge >= 0.3 is 0 Å². The summed E-state index contributed by atoms with van der Waals surface area (Å²) in [5, 5.41) is 19.6. The minimum Gasteiger partial charge on any atom is -0.507 e. The molecular weight excluding hydrogens is 262 g/mol. The lowest BCUT2D eigenvalue weighted by Crippen LogP contribution is -2.64. The summed E-state index contributed by atoms with van der Waals surface area (Å²) >= 11 is 0. The molecule has 0 heterocycles. The standard InChI is InChI=1S/C18H25NO2/c1-17(2)13-8-14(11-20)18(3,16(17)9-13)19-10-12-6-4-5-7-15(12)21/h4-7,10,13-14,16,20-21H,8-9,11H2,1-3H3/t13-,14+,16+,18-/m1/s1. The highest BCUT2D eigenvalue weighted by atomic mass is 16.3. The maximum atomic E-state index is 9.88. The molecule has 2 bridgehead atoms. The van der Waals surface area contributed by atoms with E-state index in [9.17, 15) is 10.2 Å². The Hall–Kier alpha value is -1.35. The van der Waals surface area contributed by atoms with Gasteiger partial charge in [0.15, 0.2) is 0 Å². The van der Waals surface area contributed by atoms with Gasteiger partial charge in [-0.3, -0.25) is 4.99 Å². The number of phenols is 1. The second-order valence-electron chi connectivity index (χ2n) is 7.46. The number of aromatic hydroxyl groups is 1. The fourth-order valence-corrected chi connectivity index (χ4v) is 4.53. The predicted octanol–water partition coefficient (Wildman–Crippen LogP) is 3.24. The number of rotatable bonds is 3. The van der Waals surface area contributed by atoms with Crippen molar-refractivity contribution in [1.29, 1.82) is 0 Å². The summed E-state index contributed by atoms with van der Waals surface area (Å²) in [4.78, 5) is 4.87. The molecule has 2 N–H and O–H groups in total. The highest BCUT2D eigenvalue weighted by Crippen LogP contribution is 2.65. The molecule has 1 aromatic rings. The Bertz CT molecular complexity index is 566. The van der Waals surface area contributed by atoms with Gasteiger partial charge in [0.1, 0.15) is 5.75 Å². The number of aliphatic hydroxyl groups excluding tert-OH is 1. The van der Waals surface area contributed by atoms with Crippen LogP contribution in [0.2, 0.25) is 0 Å². The quantitative estimate of drug-likeness (QED) is 0.839. The van der Waals surface area contributed by atoms with Crippen LogP contribution in [0.15, 0.2) is 29.3 Å². The van der Waals surface area contributed by atoms with Crippen molar-refractivity contribution in [2.45, 2.75) is 39.2 Å². The van der Waals surface area contributed by atoms with Crippen LogP contribution in [-0.2, 0) is 0 Å². The lowest BCUT2D eigenvalue weighted by Gasteiger charge is -2.65. The summed E-state index contributed by atoms with van der Waals surface area (Å²) in [5.74, 6) is 1.69. The van der Waals surface area contributed by atoms with Gasteiger partial charge in [-0.25, -0.2) is 0 Å². The minimum absolute atomic E-state index is 0.192. The number of hydrogen-bond donors (Lipinski definition) is 2. The van der Waals surface area contributed by atoms with Gasteiger partial charge in [-0.15, -0.1) is 0 Å². The molecule has 0 aliphatic heterocycles. The zero-order valence-corrected chi connectivity index (χ0v) is 13.1. The molecule has 21 heavy (non-hydrogen) atoms. The van der Waals surface area contributed by atoms with Crippen molar-refractivity contribution in [3.63, 3.8) is 0 Å². The van der Waals surface area contributed by atoms with Crippen LogP contribution in [0.25, 0.3) is 0 Å². The van der Waals surface area contributed by atoms with E-state index in [1.807, 2.05) is 18.2 Å². The smallest absolute Gasteiger partial charge is 0.124 e. The Morgan fingerprint density at radius 1 is 1.24 bits per heavy atom. The summed E-state index contributed by atoms with van der Waals surface area (Å²) in [6.07, 6.45) is 4.04. The Kier molecular flexibility index (Phi) is 3.36. The number of benzene rings is 1. The van der Waals surface area contributed by atoms with E-state index in [2.05, 4.69) is 20.8 Å². The Labute approximate surface area is 126 Å². The Balaban J connectivity index is 1.92. The van der Waals surface area contributed by atoms with E-state index >= 15 is 0 Å². The Morgan fingerprint density at radius 2 is 1.95 bits per heavy atom. The molecule has 0 radical (unpaired) electrons. The first-order valence-electron chi connectivity index (χ1n) is 7.83. The zero-order valence-electron chi connectivity index (χ0n) is 13.1. The molecule has 0 amide bonds. The van der Waals surface area contributed by atoms with E-state index in [0.29, 0.717) is 17.3 Å². The molecule has 4 atom stereocenters. The van der Waals surface area contributed by atoms with Gasteiger partial charge in [-0.05, 0) is 49.1 Å². The monoisotopic (exact) mass is 287 g/mol. The SMILES string of the molecule is CC1(C)[C@@H]2C[C@@H](CO)[C@@](C)(N=Cc3ccccc3O)[C@H]1C2. The second-order valence-corrected chi connectivity index (χ2v) is 7.46. The number of aliphatic imine (C=N–C) groups is 1. The van der Waals surface area contributed by atoms with E-state index in [0.717, 1.165) is 12.0 Å². The van der Waals surface area contributed by atoms with Crippen LogP contribution in [0.1, 0.15) is 39.2 Å². The van der Waals surface area contributed by atoms with Gasteiger partial charge in [0.25, 0.3) is 0 Å². The third kappa shape index (κ3) is 2.10. The normalized spacial score (nSPS) is 37.4. The van der Waals surface area contributed by atoms with E-state index < -0.39 is 0 Å². The van der Waals surface area contributed by atoms with E-state index in [1.165, 1.54) is 6.42 Å².